The second-order valence-corrected chi connectivity index (χ2v) is 13.7. The molecule has 2 heterocycles. The molecule has 1 aliphatic heterocycles. The normalized spacial score (nSPS) is 15.9. The number of hydrogen-bond acceptors (Lipinski definition) is 9. The summed E-state index contributed by atoms with van der Waals surface area (Å²) in [5.41, 5.74) is 2.13. The minimum absolute atomic E-state index is 0.0303. The molecule has 1 aromatic heterocycles. The number of carbonyl (C=O) groups is 2. The van der Waals surface area contributed by atoms with Crippen LogP contribution >= 0.6 is 23.1 Å². The summed E-state index contributed by atoms with van der Waals surface area (Å²) in [7, 11) is 0. The van der Waals surface area contributed by atoms with Crippen molar-refractivity contribution in [1.29, 1.82) is 0 Å². The highest BCUT2D eigenvalue weighted by atomic mass is 32.2. The number of nitrogens with zero attached hydrogens (tertiary/aromatic N) is 3. The SMILES string of the molecule is CCOc1cc(C2/C(=C(\O)c3ccccc3)C(=O)C(=O)N2c2nnc(SCc3cccc4ccccc34)s2)ccc1OCCC(C)C. The molecule has 1 N–H and O–H groups in total. The van der Waals surface area contributed by atoms with Crippen molar-refractivity contribution in [3.05, 3.63) is 113 Å². The standard InChI is InChI=1S/C37H35N3O5S2/c1-4-44-30-21-26(17-18-29(30)45-20-19-23(2)3)32-31(33(41)25-12-6-5-7-13-25)34(42)35(43)40(32)36-38-39-37(47-36)46-22-27-15-10-14-24-11-8-9-16-28(24)27/h5-18,21,23,32,41H,4,19-20,22H2,1-3H3/b33-31+. The van der Waals surface area contributed by atoms with E-state index >= 15 is 0 Å². The number of ether oxygens (including phenoxy) is 2. The second kappa shape index (κ2) is 14.4. The highest BCUT2D eigenvalue weighted by Crippen LogP contribution is 2.46. The summed E-state index contributed by atoms with van der Waals surface area (Å²) in [5.74, 6) is 0.340. The maximum atomic E-state index is 13.8. The lowest BCUT2D eigenvalue weighted by atomic mass is 9.95. The van der Waals surface area contributed by atoms with Gasteiger partial charge < -0.3 is 14.6 Å². The third-order valence-corrected chi connectivity index (χ3v) is 9.97. The Morgan fingerprint density at radius 1 is 0.936 bits per heavy atom. The number of ketones is 1. The summed E-state index contributed by atoms with van der Waals surface area (Å²) < 4.78 is 12.7. The predicted octanol–water partition coefficient (Wildman–Crippen LogP) is 8.43. The van der Waals surface area contributed by atoms with Crippen LogP contribution in [0.1, 0.15) is 49.9 Å². The molecule has 240 valence electrons. The van der Waals surface area contributed by atoms with Gasteiger partial charge in [-0.2, -0.15) is 0 Å². The molecule has 0 bridgehead atoms. The molecule has 0 saturated carbocycles. The number of aliphatic hydroxyl groups is 1. The van der Waals surface area contributed by atoms with Crippen molar-refractivity contribution >= 4 is 56.5 Å². The molecule has 0 spiro atoms. The molecule has 1 amide bonds. The van der Waals surface area contributed by atoms with Crippen molar-refractivity contribution in [3.63, 3.8) is 0 Å². The van der Waals surface area contributed by atoms with Gasteiger partial charge in [-0.1, -0.05) is 116 Å². The Morgan fingerprint density at radius 3 is 2.49 bits per heavy atom. The van der Waals surface area contributed by atoms with E-state index in [0.717, 1.165) is 17.4 Å². The first-order chi connectivity index (χ1) is 22.9. The van der Waals surface area contributed by atoms with Gasteiger partial charge in [0.2, 0.25) is 5.13 Å². The van der Waals surface area contributed by atoms with E-state index in [1.54, 1.807) is 42.5 Å². The van der Waals surface area contributed by atoms with Gasteiger partial charge in [0.1, 0.15) is 5.76 Å². The van der Waals surface area contributed by atoms with Crippen molar-refractivity contribution in [2.24, 2.45) is 5.92 Å². The first kappa shape index (κ1) is 32.3. The zero-order chi connectivity index (χ0) is 32.9. The average molecular weight is 666 g/mol. The molecule has 1 atom stereocenters. The third kappa shape index (κ3) is 6.89. The van der Waals surface area contributed by atoms with Gasteiger partial charge in [0.15, 0.2) is 15.8 Å². The van der Waals surface area contributed by atoms with Crippen molar-refractivity contribution in [1.82, 2.24) is 10.2 Å². The van der Waals surface area contributed by atoms with Crippen LogP contribution in [0, 0.1) is 5.92 Å². The molecule has 0 radical (unpaired) electrons. The topological polar surface area (TPSA) is 102 Å². The lowest BCUT2D eigenvalue weighted by Gasteiger charge is -2.23. The van der Waals surface area contributed by atoms with E-state index in [1.807, 2.05) is 31.2 Å². The molecule has 6 rings (SSSR count). The lowest BCUT2D eigenvalue weighted by molar-refractivity contribution is -0.132. The fourth-order valence-corrected chi connectivity index (χ4v) is 7.37. The number of aliphatic hydroxyl groups excluding tert-OH is 1. The molecule has 5 aromatic rings. The van der Waals surface area contributed by atoms with Gasteiger partial charge in [0.25, 0.3) is 5.78 Å². The van der Waals surface area contributed by atoms with Gasteiger partial charge in [0, 0.05) is 11.3 Å². The summed E-state index contributed by atoms with van der Waals surface area (Å²) in [6.45, 7) is 7.06. The summed E-state index contributed by atoms with van der Waals surface area (Å²) in [6, 6.07) is 27.6. The van der Waals surface area contributed by atoms with Crippen LogP contribution in [-0.4, -0.2) is 40.2 Å². The molecule has 8 nitrogen and oxygen atoms in total. The minimum atomic E-state index is -0.969. The fraction of sp³-hybridized carbons (Fsp3) is 0.243. The first-order valence-corrected chi connectivity index (χ1v) is 17.3. The van der Waals surface area contributed by atoms with Gasteiger partial charge in [-0.05, 0) is 53.3 Å². The number of rotatable bonds is 12. The molecule has 1 aliphatic rings. The van der Waals surface area contributed by atoms with Gasteiger partial charge in [0.05, 0.1) is 24.8 Å². The van der Waals surface area contributed by atoms with Crippen LogP contribution in [0.4, 0.5) is 5.13 Å². The lowest BCUT2D eigenvalue weighted by Crippen LogP contribution is -2.29. The molecule has 1 saturated heterocycles. The van der Waals surface area contributed by atoms with Crippen LogP contribution < -0.4 is 14.4 Å². The van der Waals surface area contributed by atoms with E-state index in [0.29, 0.717) is 51.9 Å². The largest absolute Gasteiger partial charge is 0.507 e. The predicted molar refractivity (Wildman–Crippen MR) is 187 cm³/mol. The summed E-state index contributed by atoms with van der Waals surface area (Å²) in [6.07, 6.45) is 0.877. The number of fused-ring (bicyclic) bond motifs is 1. The van der Waals surface area contributed by atoms with Crippen LogP contribution in [0.25, 0.3) is 16.5 Å². The Bertz CT molecular complexity index is 1930. The van der Waals surface area contributed by atoms with Gasteiger partial charge in [-0.3, -0.25) is 14.5 Å². The molecule has 1 fully saturated rings. The van der Waals surface area contributed by atoms with Crippen molar-refractivity contribution in [2.75, 3.05) is 18.1 Å². The Hall–Kier alpha value is -4.67. The maximum absolute atomic E-state index is 13.8. The molecule has 4 aromatic carbocycles. The van der Waals surface area contributed by atoms with E-state index in [-0.39, 0.29) is 16.5 Å². The monoisotopic (exact) mass is 665 g/mol. The number of amides is 1. The van der Waals surface area contributed by atoms with E-state index in [9.17, 15) is 14.7 Å². The van der Waals surface area contributed by atoms with Gasteiger partial charge in [-0.15, -0.1) is 10.2 Å². The fourth-order valence-electron chi connectivity index (χ4n) is 5.50. The smallest absolute Gasteiger partial charge is 0.301 e. The number of benzene rings is 4. The Labute approximate surface area is 282 Å². The van der Waals surface area contributed by atoms with E-state index < -0.39 is 17.7 Å². The van der Waals surface area contributed by atoms with Crippen LogP contribution in [0.3, 0.4) is 0 Å². The van der Waals surface area contributed by atoms with E-state index in [2.05, 4.69) is 48.3 Å². The molecule has 1 unspecified atom stereocenters. The highest BCUT2D eigenvalue weighted by molar-refractivity contribution is 8.00. The quantitative estimate of drug-likeness (QED) is 0.0466. The number of aromatic nitrogens is 2. The van der Waals surface area contributed by atoms with E-state index in [1.165, 1.54) is 33.4 Å². The van der Waals surface area contributed by atoms with Crippen molar-refractivity contribution in [3.8, 4) is 11.5 Å². The summed E-state index contributed by atoms with van der Waals surface area (Å²) >= 11 is 2.75. The zero-order valence-corrected chi connectivity index (χ0v) is 28.0. The van der Waals surface area contributed by atoms with Gasteiger partial charge >= 0.3 is 5.91 Å². The Balaban J connectivity index is 1.37. The molecule has 47 heavy (non-hydrogen) atoms. The number of hydrogen-bond donors (Lipinski definition) is 1. The van der Waals surface area contributed by atoms with Crippen LogP contribution in [-0.2, 0) is 15.3 Å². The Morgan fingerprint density at radius 2 is 1.70 bits per heavy atom. The molecule has 0 aliphatic carbocycles. The first-order valence-electron chi connectivity index (χ1n) is 15.5. The highest BCUT2D eigenvalue weighted by Gasteiger charge is 2.48. The molecule has 10 heteroatoms. The van der Waals surface area contributed by atoms with Crippen molar-refractivity contribution in [2.45, 2.75) is 43.3 Å². The number of carbonyl (C=O) groups excluding carboxylic acids is 2. The number of thioether (sulfide) groups is 1. The number of anilines is 1. The van der Waals surface area contributed by atoms with E-state index in [4.69, 9.17) is 9.47 Å². The Kier molecular flexibility index (Phi) is 9.89. The molecular formula is C37H35N3O5S2. The zero-order valence-electron chi connectivity index (χ0n) is 26.4. The minimum Gasteiger partial charge on any atom is -0.507 e. The number of Topliss-reactive ketones (excluding diaryl/α,β-unsaturated/α-hetero) is 1. The van der Waals surface area contributed by atoms with Crippen LogP contribution in [0.5, 0.6) is 11.5 Å². The van der Waals surface area contributed by atoms with Crippen molar-refractivity contribution < 1.29 is 24.2 Å². The molecular weight excluding hydrogens is 631 g/mol. The van der Waals surface area contributed by atoms with Crippen LogP contribution in [0.2, 0.25) is 0 Å². The summed E-state index contributed by atoms with van der Waals surface area (Å²) in [5, 5.41) is 22.8. The summed E-state index contributed by atoms with van der Waals surface area (Å²) in [4.78, 5) is 28.8. The maximum Gasteiger partial charge on any atom is 0.301 e. The average Bonchev–Trinajstić information content (AvgIpc) is 3.66. The third-order valence-electron chi connectivity index (χ3n) is 7.86. The second-order valence-electron chi connectivity index (χ2n) is 11.5. The van der Waals surface area contributed by atoms with Crippen LogP contribution in [0.15, 0.2) is 101 Å². The van der Waals surface area contributed by atoms with Gasteiger partial charge in [-0.25, -0.2) is 0 Å².